The Labute approximate surface area is 131 Å². The molecule has 0 unspecified atom stereocenters. The van der Waals surface area contributed by atoms with Gasteiger partial charge in [-0.1, -0.05) is 25.0 Å². The summed E-state index contributed by atoms with van der Waals surface area (Å²) in [5.41, 5.74) is 1.67. The third-order valence-corrected chi connectivity index (χ3v) is 3.34. The smallest absolute Gasteiger partial charge is 0.119 e. The molecule has 2 heteroatoms. The van der Waals surface area contributed by atoms with Crippen LogP contribution in [0.5, 0.6) is 5.75 Å². The van der Waals surface area contributed by atoms with Crippen molar-refractivity contribution in [1.29, 1.82) is 0 Å². The van der Waals surface area contributed by atoms with Crippen LogP contribution in [-0.2, 0) is 6.42 Å². The maximum absolute atomic E-state index is 5.66. The van der Waals surface area contributed by atoms with E-state index in [1.165, 1.54) is 37.7 Å². The van der Waals surface area contributed by atoms with Gasteiger partial charge in [-0.15, -0.1) is 0 Å². The zero-order valence-corrected chi connectivity index (χ0v) is 14.5. The Balaban J connectivity index is 2.10. The van der Waals surface area contributed by atoms with Crippen LogP contribution < -0.4 is 10.1 Å². The van der Waals surface area contributed by atoms with Crippen LogP contribution in [0, 0.1) is 0 Å². The number of nitrogens with one attached hydrogen (secondary N) is 1. The highest BCUT2D eigenvalue weighted by Gasteiger charge is 2.06. The van der Waals surface area contributed by atoms with Gasteiger partial charge in [-0.2, -0.15) is 0 Å². The van der Waals surface area contributed by atoms with Gasteiger partial charge in [0.05, 0.1) is 6.10 Å². The molecule has 0 spiro atoms. The van der Waals surface area contributed by atoms with Gasteiger partial charge < -0.3 is 10.1 Å². The van der Waals surface area contributed by atoms with Gasteiger partial charge in [0.1, 0.15) is 5.75 Å². The first kappa shape index (κ1) is 18.0. The van der Waals surface area contributed by atoms with Crippen molar-refractivity contribution in [1.82, 2.24) is 5.32 Å². The van der Waals surface area contributed by atoms with Gasteiger partial charge in [-0.3, -0.25) is 0 Å². The maximum atomic E-state index is 5.66. The summed E-state index contributed by atoms with van der Waals surface area (Å²) in [6.07, 6.45) is 6.61. The molecular formula is C19H33NO. The Bertz CT molecular complexity index is 376. The van der Waals surface area contributed by atoms with Gasteiger partial charge in [-0.25, -0.2) is 0 Å². The second-order valence-corrected chi connectivity index (χ2v) is 7.15. The van der Waals surface area contributed by atoms with E-state index in [4.69, 9.17) is 4.74 Å². The molecule has 1 aromatic rings. The number of rotatable bonds is 9. The minimum absolute atomic E-state index is 0.248. The topological polar surface area (TPSA) is 21.3 Å². The van der Waals surface area contributed by atoms with Gasteiger partial charge in [-0.05, 0) is 78.1 Å². The second kappa shape index (κ2) is 9.09. The molecule has 21 heavy (non-hydrogen) atoms. The summed E-state index contributed by atoms with van der Waals surface area (Å²) in [5.74, 6) is 0.974. The molecule has 0 aliphatic carbocycles. The van der Waals surface area contributed by atoms with Crippen molar-refractivity contribution in [3.63, 3.8) is 0 Å². The Morgan fingerprint density at radius 3 is 2.14 bits per heavy atom. The Morgan fingerprint density at radius 1 is 0.952 bits per heavy atom. The fourth-order valence-corrected chi connectivity index (χ4v) is 2.28. The monoisotopic (exact) mass is 291 g/mol. The maximum Gasteiger partial charge on any atom is 0.119 e. The molecule has 0 saturated carbocycles. The molecule has 1 aromatic carbocycles. The summed E-state index contributed by atoms with van der Waals surface area (Å²) < 4.78 is 5.66. The van der Waals surface area contributed by atoms with Crippen LogP contribution in [0.25, 0.3) is 0 Å². The lowest BCUT2D eigenvalue weighted by Crippen LogP contribution is -2.36. The molecule has 2 nitrogen and oxygen atoms in total. The number of benzene rings is 1. The van der Waals surface area contributed by atoms with Crippen molar-refractivity contribution >= 4 is 0 Å². The quantitative estimate of drug-likeness (QED) is 0.649. The predicted molar refractivity (Wildman–Crippen MR) is 92.1 cm³/mol. The Morgan fingerprint density at radius 2 is 1.57 bits per heavy atom. The number of aryl methyl sites for hydroxylation is 1. The minimum atomic E-state index is 0.248. The summed E-state index contributed by atoms with van der Waals surface area (Å²) in [4.78, 5) is 0. The zero-order chi connectivity index (χ0) is 15.7. The number of unbranched alkanes of at least 4 members (excludes halogenated alkanes) is 3. The molecule has 0 aliphatic rings. The average Bonchev–Trinajstić information content (AvgIpc) is 2.37. The van der Waals surface area contributed by atoms with E-state index in [2.05, 4.69) is 64.2 Å². The van der Waals surface area contributed by atoms with E-state index in [9.17, 15) is 0 Å². The highest BCUT2D eigenvalue weighted by atomic mass is 16.5. The summed E-state index contributed by atoms with van der Waals surface area (Å²) in [5, 5.41) is 3.54. The lowest BCUT2D eigenvalue weighted by atomic mass is 10.1. The summed E-state index contributed by atoms with van der Waals surface area (Å²) in [7, 11) is 0. The van der Waals surface area contributed by atoms with Crippen LogP contribution >= 0.6 is 0 Å². The SMILES string of the molecule is CC(C)Oc1ccc(CCCCCCNC(C)(C)C)cc1. The third-order valence-electron chi connectivity index (χ3n) is 3.34. The summed E-state index contributed by atoms with van der Waals surface area (Å²) in [6.45, 7) is 11.9. The van der Waals surface area contributed by atoms with E-state index < -0.39 is 0 Å². The molecule has 0 aliphatic heterocycles. The van der Waals surface area contributed by atoms with Crippen molar-refractivity contribution in [2.75, 3.05) is 6.54 Å². The average molecular weight is 291 g/mol. The molecule has 0 amide bonds. The first-order chi connectivity index (χ1) is 9.87. The van der Waals surface area contributed by atoms with E-state index in [1.54, 1.807) is 0 Å². The lowest BCUT2D eigenvalue weighted by Gasteiger charge is -2.20. The first-order valence-electron chi connectivity index (χ1n) is 8.37. The predicted octanol–water partition coefficient (Wildman–Crippen LogP) is 4.96. The van der Waals surface area contributed by atoms with Crippen LogP contribution in [0.15, 0.2) is 24.3 Å². The second-order valence-electron chi connectivity index (χ2n) is 7.15. The van der Waals surface area contributed by atoms with Crippen molar-refractivity contribution in [3.05, 3.63) is 29.8 Å². The molecule has 0 saturated heterocycles. The molecule has 1 rings (SSSR count). The number of hydrogen-bond donors (Lipinski definition) is 1. The van der Waals surface area contributed by atoms with E-state index >= 15 is 0 Å². The van der Waals surface area contributed by atoms with Gasteiger partial charge in [0, 0.05) is 5.54 Å². The zero-order valence-electron chi connectivity index (χ0n) is 14.5. The van der Waals surface area contributed by atoms with Crippen LogP contribution in [0.2, 0.25) is 0 Å². The molecule has 0 radical (unpaired) electrons. The number of hydrogen-bond acceptors (Lipinski definition) is 2. The molecule has 0 atom stereocenters. The van der Waals surface area contributed by atoms with Crippen LogP contribution in [0.3, 0.4) is 0 Å². The first-order valence-corrected chi connectivity index (χ1v) is 8.37. The normalized spacial score (nSPS) is 11.9. The van der Waals surface area contributed by atoms with Gasteiger partial charge >= 0.3 is 0 Å². The standard InChI is InChI=1S/C19H33NO/c1-16(2)21-18-13-11-17(12-14-18)10-8-6-7-9-15-20-19(3,4)5/h11-14,16,20H,6-10,15H2,1-5H3. The van der Waals surface area contributed by atoms with Crippen LogP contribution in [0.4, 0.5) is 0 Å². The third kappa shape index (κ3) is 9.52. The van der Waals surface area contributed by atoms with Crippen LogP contribution in [0.1, 0.15) is 65.9 Å². The van der Waals surface area contributed by atoms with E-state index in [0.29, 0.717) is 0 Å². The lowest BCUT2D eigenvalue weighted by molar-refractivity contribution is 0.242. The van der Waals surface area contributed by atoms with Crippen molar-refractivity contribution in [2.45, 2.75) is 78.4 Å². The van der Waals surface area contributed by atoms with Gasteiger partial charge in [0.15, 0.2) is 0 Å². The molecule has 0 heterocycles. The Hall–Kier alpha value is -1.02. The van der Waals surface area contributed by atoms with Gasteiger partial charge in [0.2, 0.25) is 0 Å². The molecule has 120 valence electrons. The molecule has 0 aromatic heterocycles. The highest BCUT2D eigenvalue weighted by molar-refractivity contribution is 5.27. The molecule has 1 N–H and O–H groups in total. The number of ether oxygens (including phenoxy) is 1. The molecule has 0 bridgehead atoms. The summed E-state index contributed by atoms with van der Waals surface area (Å²) in [6, 6.07) is 8.56. The summed E-state index contributed by atoms with van der Waals surface area (Å²) >= 11 is 0. The van der Waals surface area contributed by atoms with Gasteiger partial charge in [0.25, 0.3) is 0 Å². The van der Waals surface area contributed by atoms with Crippen molar-refractivity contribution in [3.8, 4) is 5.75 Å². The minimum Gasteiger partial charge on any atom is -0.491 e. The molecular weight excluding hydrogens is 258 g/mol. The highest BCUT2D eigenvalue weighted by Crippen LogP contribution is 2.15. The van der Waals surface area contributed by atoms with Crippen molar-refractivity contribution in [2.24, 2.45) is 0 Å². The van der Waals surface area contributed by atoms with Crippen molar-refractivity contribution < 1.29 is 4.74 Å². The largest absolute Gasteiger partial charge is 0.491 e. The van der Waals surface area contributed by atoms with E-state index in [0.717, 1.165) is 12.3 Å². The Kier molecular flexibility index (Phi) is 7.81. The van der Waals surface area contributed by atoms with E-state index in [-0.39, 0.29) is 11.6 Å². The fourth-order valence-electron chi connectivity index (χ4n) is 2.28. The van der Waals surface area contributed by atoms with E-state index in [1.807, 2.05) is 0 Å². The molecule has 0 fully saturated rings. The van der Waals surface area contributed by atoms with Crippen LogP contribution in [-0.4, -0.2) is 18.2 Å². The fraction of sp³-hybridized carbons (Fsp3) is 0.684.